The quantitative estimate of drug-likeness (QED) is 0.561. The van der Waals surface area contributed by atoms with E-state index in [4.69, 9.17) is 0 Å². The molecule has 1 heterocycles. The smallest absolute Gasteiger partial charge is 0.334 e. The monoisotopic (exact) mass is 338 g/mol. The van der Waals surface area contributed by atoms with Crippen LogP contribution in [0.1, 0.15) is 39.5 Å². The molecule has 0 aromatic heterocycles. The average molecular weight is 338 g/mol. The Bertz CT molecular complexity index is 576. The number of amides is 7. The van der Waals surface area contributed by atoms with Gasteiger partial charge < -0.3 is 5.32 Å². The topological polar surface area (TPSA) is 116 Å². The molecule has 1 aliphatic carbocycles. The third-order valence-electron chi connectivity index (χ3n) is 4.43. The fourth-order valence-corrected chi connectivity index (χ4v) is 3.01. The Morgan fingerprint density at radius 3 is 2.29 bits per heavy atom. The number of nitrogens with zero attached hydrogens (tertiary/aromatic N) is 2. The Labute approximate surface area is 139 Å². The van der Waals surface area contributed by atoms with Crippen molar-refractivity contribution in [3.05, 3.63) is 0 Å². The van der Waals surface area contributed by atoms with Crippen LogP contribution >= 0.6 is 0 Å². The van der Waals surface area contributed by atoms with Gasteiger partial charge in [-0.3, -0.25) is 24.6 Å². The number of imide groups is 3. The zero-order valence-electron chi connectivity index (χ0n) is 13.8. The van der Waals surface area contributed by atoms with E-state index in [0.29, 0.717) is 10.8 Å². The first-order chi connectivity index (χ1) is 11.3. The molecule has 2 aliphatic rings. The molecule has 0 aromatic rings. The van der Waals surface area contributed by atoms with Gasteiger partial charge in [0.1, 0.15) is 6.54 Å². The predicted octanol–water partition coefficient (Wildman–Crippen LogP) is 0.202. The number of likely N-dealkylation sites (N-methyl/N-ethyl adjacent to an activating group) is 1. The first-order valence-electron chi connectivity index (χ1n) is 8.12. The van der Waals surface area contributed by atoms with E-state index in [1.54, 1.807) is 6.92 Å². The van der Waals surface area contributed by atoms with Gasteiger partial charge in [-0.15, -0.1) is 0 Å². The average Bonchev–Trinajstić information content (AvgIpc) is 2.73. The molecule has 0 aromatic carbocycles. The second-order valence-electron chi connectivity index (χ2n) is 6.11. The first kappa shape index (κ1) is 17.9. The Kier molecular flexibility index (Phi) is 5.53. The number of carbonyl (C=O) groups is 5. The van der Waals surface area contributed by atoms with Crippen LogP contribution in [0.2, 0.25) is 0 Å². The highest BCUT2D eigenvalue weighted by molar-refractivity contribution is 6.45. The number of hydrogen-bond donors (Lipinski definition) is 2. The second kappa shape index (κ2) is 7.41. The molecule has 2 atom stereocenters. The normalized spacial score (nSPS) is 24.3. The highest BCUT2D eigenvalue weighted by Crippen LogP contribution is 2.23. The lowest BCUT2D eigenvalue weighted by Crippen LogP contribution is -2.50. The zero-order valence-corrected chi connectivity index (χ0v) is 13.8. The van der Waals surface area contributed by atoms with Gasteiger partial charge in [0.25, 0.3) is 0 Å². The van der Waals surface area contributed by atoms with Gasteiger partial charge in [-0.1, -0.05) is 19.8 Å². The fraction of sp³-hybridized carbons (Fsp3) is 0.667. The van der Waals surface area contributed by atoms with Crippen molar-refractivity contribution in [2.75, 3.05) is 13.1 Å². The van der Waals surface area contributed by atoms with Crippen LogP contribution in [-0.2, 0) is 14.4 Å². The zero-order chi connectivity index (χ0) is 17.9. The lowest BCUT2D eigenvalue weighted by atomic mass is 9.86. The van der Waals surface area contributed by atoms with Crippen LogP contribution in [0.3, 0.4) is 0 Å². The van der Waals surface area contributed by atoms with E-state index >= 15 is 0 Å². The Balaban J connectivity index is 1.86. The Morgan fingerprint density at radius 1 is 1.08 bits per heavy atom. The Hall–Kier alpha value is -2.45. The van der Waals surface area contributed by atoms with E-state index in [2.05, 4.69) is 10.6 Å². The molecular formula is C15H22N4O5. The lowest BCUT2D eigenvalue weighted by molar-refractivity contribution is -0.143. The van der Waals surface area contributed by atoms with Gasteiger partial charge in [-0.05, 0) is 25.7 Å². The third-order valence-corrected chi connectivity index (χ3v) is 4.43. The number of hydrogen-bond acceptors (Lipinski definition) is 5. The van der Waals surface area contributed by atoms with Crippen LogP contribution in [0, 0.1) is 5.92 Å². The van der Waals surface area contributed by atoms with Crippen molar-refractivity contribution in [3.63, 3.8) is 0 Å². The van der Waals surface area contributed by atoms with Crippen molar-refractivity contribution in [1.29, 1.82) is 0 Å². The van der Waals surface area contributed by atoms with Crippen molar-refractivity contribution in [3.8, 4) is 0 Å². The van der Waals surface area contributed by atoms with E-state index in [9.17, 15) is 24.0 Å². The van der Waals surface area contributed by atoms with E-state index < -0.39 is 36.3 Å². The van der Waals surface area contributed by atoms with Crippen LogP contribution in [0.25, 0.3) is 0 Å². The van der Waals surface area contributed by atoms with Crippen molar-refractivity contribution in [1.82, 2.24) is 20.4 Å². The maximum Gasteiger partial charge on any atom is 0.334 e. The summed E-state index contributed by atoms with van der Waals surface area (Å²) in [5, 5.41) is 4.84. The van der Waals surface area contributed by atoms with Crippen molar-refractivity contribution in [2.45, 2.75) is 45.6 Å². The van der Waals surface area contributed by atoms with Crippen molar-refractivity contribution in [2.24, 2.45) is 5.92 Å². The standard InChI is InChI=1S/C15H22N4O5/c1-3-18-12(21)13(22)19(15(18)24)8-11(20)17-14(23)16-10-7-5-4-6-9(10)2/h9-10H,3-8H2,1-2H3,(H2,16,17,20,23)/t9-,10+/m1/s1. The summed E-state index contributed by atoms with van der Waals surface area (Å²) in [7, 11) is 0. The fourth-order valence-electron chi connectivity index (χ4n) is 3.01. The molecule has 0 spiro atoms. The minimum atomic E-state index is -1.06. The summed E-state index contributed by atoms with van der Waals surface area (Å²) in [5.74, 6) is -2.51. The van der Waals surface area contributed by atoms with Crippen molar-refractivity contribution < 1.29 is 24.0 Å². The molecule has 132 valence electrons. The largest absolute Gasteiger partial charge is 0.335 e. The van der Waals surface area contributed by atoms with Gasteiger partial charge >= 0.3 is 23.9 Å². The minimum Gasteiger partial charge on any atom is -0.335 e. The maximum atomic E-state index is 11.9. The van der Waals surface area contributed by atoms with Crippen LogP contribution in [0.4, 0.5) is 9.59 Å². The van der Waals surface area contributed by atoms with Crippen LogP contribution in [-0.4, -0.2) is 58.7 Å². The maximum absolute atomic E-state index is 11.9. The molecule has 2 rings (SSSR count). The molecule has 0 unspecified atom stereocenters. The second-order valence-corrected chi connectivity index (χ2v) is 6.11. The van der Waals surface area contributed by atoms with Gasteiger partial charge in [0.05, 0.1) is 0 Å². The third kappa shape index (κ3) is 3.72. The summed E-state index contributed by atoms with van der Waals surface area (Å²) in [6.45, 7) is 2.97. The van der Waals surface area contributed by atoms with Crippen LogP contribution in [0.5, 0.6) is 0 Å². The van der Waals surface area contributed by atoms with E-state index in [-0.39, 0.29) is 12.6 Å². The van der Waals surface area contributed by atoms with Crippen LogP contribution in [0.15, 0.2) is 0 Å². The Morgan fingerprint density at radius 2 is 1.71 bits per heavy atom. The number of rotatable bonds is 4. The minimum absolute atomic E-state index is 0.00115. The molecule has 1 saturated heterocycles. The molecule has 24 heavy (non-hydrogen) atoms. The number of carbonyl (C=O) groups excluding carboxylic acids is 5. The SMILES string of the molecule is CCN1C(=O)C(=O)N(CC(=O)NC(=O)N[C@H]2CCCC[C@H]2C)C1=O. The molecule has 0 radical (unpaired) electrons. The molecule has 2 N–H and O–H groups in total. The highest BCUT2D eigenvalue weighted by atomic mass is 16.2. The van der Waals surface area contributed by atoms with E-state index in [0.717, 1.165) is 30.6 Å². The molecule has 9 nitrogen and oxygen atoms in total. The molecule has 1 aliphatic heterocycles. The summed E-state index contributed by atoms with van der Waals surface area (Å²) in [5.41, 5.74) is 0. The molecular weight excluding hydrogens is 316 g/mol. The van der Waals surface area contributed by atoms with E-state index in [1.807, 2.05) is 6.92 Å². The first-order valence-corrected chi connectivity index (χ1v) is 8.12. The number of nitrogens with one attached hydrogen (secondary N) is 2. The van der Waals surface area contributed by atoms with Crippen LogP contribution < -0.4 is 10.6 Å². The summed E-state index contributed by atoms with van der Waals surface area (Å²) in [4.78, 5) is 60.2. The molecule has 2 fully saturated rings. The summed E-state index contributed by atoms with van der Waals surface area (Å²) in [6, 6.07) is -1.50. The number of urea groups is 2. The van der Waals surface area contributed by atoms with Crippen molar-refractivity contribution >= 4 is 29.8 Å². The lowest BCUT2D eigenvalue weighted by Gasteiger charge is -2.29. The molecule has 0 bridgehead atoms. The summed E-state index contributed by atoms with van der Waals surface area (Å²) < 4.78 is 0. The summed E-state index contributed by atoms with van der Waals surface area (Å²) >= 11 is 0. The van der Waals surface area contributed by atoms with Gasteiger partial charge in [0, 0.05) is 12.6 Å². The van der Waals surface area contributed by atoms with Gasteiger partial charge in [-0.25, -0.2) is 14.5 Å². The highest BCUT2D eigenvalue weighted by Gasteiger charge is 2.44. The molecule has 7 amide bonds. The molecule has 9 heteroatoms. The predicted molar refractivity (Wildman–Crippen MR) is 82.6 cm³/mol. The summed E-state index contributed by atoms with van der Waals surface area (Å²) in [6.07, 6.45) is 4.02. The van der Waals surface area contributed by atoms with Gasteiger partial charge in [0.2, 0.25) is 5.91 Å². The van der Waals surface area contributed by atoms with E-state index in [1.165, 1.54) is 0 Å². The van der Waals surface area contributed by atoms with Gasteiger partial charge in [-0.2, -0.15) is 0 Å². The molecule has 1 saturated carbocycles. The van der Waals surface area contributed by atoms with Gasteiger partial charge in [0.15, 0.2) is 0 Å².